The van der Waals surface area contributed by atoms with Crippen molar-refractivity contribution in [2.45, 2.75) is 26.8 Å². The first kappa shape index (κ1) is 15.9. The summed E-state index contributed by atoms with van der Waals surface area (Å²) in [5.74, 6) is -0.946. The molecule has 2 aromatic rings. The summed E-state index contributed by atoms with van der Waals surface area (Å²) in [6.07, 6.45) is 1.40. The van der Waals surface area contributed by atoms with Crippen molar-refractivity contribution in [2.75, 3.05) is 7.11 Å². The molecule has 0 aliphatic heterocycles. The number of amides is 1. The zero-order chi connectivity index (χ0) is 16.3. The predicted molar refractivity (Wildman–Crippen MR) is 82.3 cm³/mol. The summed E-state index contributed by atoms with van der Waals surface area (Å²) < 4.78 is 4.76. The Morgan fingerprint density at radius 1 is 1.18 bits per heavy atom. The minimum atomic E-state index is -0.765. The van der Waals surface area contributed by atoms with E-state index in [9.17, 15) is 9.59 Å². The van der Waals surface area contributed by atoms with E-state index in [1.807, 2.05) is 39.0 Å². The summed E-state index contributed by atoms with van der Waals surface area (Å²) in [4.78, 5) is 32.7. The van der Waals surface area contributed by atoms with Crippen LogP contribution in [0.25, 0.3) is 11.0 Å². The Balaban J connectivity index is 2.27. The number of nitrogens with one attached hydrogen (secondary N) is 1. The third-order valence-electron chi connectivity index (χ3n) is 3.26. The normalized spacial score (nSPS) is 12.7. The van der Waals surface area contributed by atoms with Crippen LogP contribution in [-0.2, 0) is 9.53 Å². The molecule has 0 fully saturated rings. The van der Waals surface area contributed by atoms with E-state index in [0.29, 0.717) is 11.0 Å². The highest BCUT2D eigenvalue weighted by molar-refractivity contribution is 5.96. The van der Waals surface area contributed by atoms with E-state index in [2.05, 4.69) is 15.3 Å². The van der Waals surface area contributed by atoms with Gasteiger partial charge in [-0.2, -0.15) is 0 Å². The van der Waals surface area contributed by atoms with Crippen LogP contribution in [0.4, 0.5) is 0 Å². The van der Waals surface area contributed by atoms with E-state index < -0.39 is 23.3 Å². The van der Waals surface area contributed by atoms with Gasteiger partial charge in [0.05, 0.1) is 24.3 Å². The highest BCUT2D eigenvalue weighted by Gasteiger charge is 2.34. The number of nitrogens with zero attached hydrogens (tertiary/aromatic N) is 2. The molecule has 1 aromatic heterocycles. The quantitative estimate of drug-likeness (QED) is 0.876. The largest absolute Gasteiger partial charge is 0.467 e. The van der Waals surface area contributed by atoms with Crippen LogP contribution in [-0.4, -0.2) is 35.0 Å². The Morgan fingerprint density at radius 3 is 2.41 bits per heavy atom. The topological polar surface area (TPSA) is 81.2 Å². The molecule has 1 heterocycles. The monoisotopic (exact) mass is 301 g/mol. The van der Waals surface area contributed by atoms with Crippen LogP contribution in [0.5, 0.6) is 0 Å². The molecule has 0 spiro atoms. The van der Waals surface area contributed by atoms with E-state index in [1.165, 1.54) is 13.3 Å². The van der Waals surface area contributed by atoms with Gasteiger partial charge in [-0.15, -0.1) is 0 Å². The van der Waals surface area contributed by atoms with Gasteiger partial charge >= 0.3 is 5.97 Å². The highest BCUT2D eigenvalue weighted by atomic mass is 16.5. The lowest BCUT2D eigenvalue weighted by Gasteiger charge is -2.28. The van der Waals surface area contributed by atoms with Crippen molar-refractivity contribution >= 4 is 22.9 Å². The molecule has 0 saturated heterocycles. The van der Waals surface area contributed by atoms with E-state index in [1.54, 1.807) is 6.07 Å². The summed E-state index contributed by atoms with van der Waals surface area (Å²) in [6.45, 7) is 5.54. The lowest BCUT2D eigenvalue weighted by molar-refractivity contribution is -0.145. The molecular formula is C16H19N3O3. The number of carbonyl (C=O) groups is 2. The van der Waals surface area contributed by atoms with Gasteiger partial charge in [0.1, 0.15) is 11.7 Å². The Bertz CT molecular complexity index is 707. The van der Waals surface area contributed by atoms with E-state index in [0.717, 1.165) is 0 Å². The van der Waals surface area contributed by atoms with Gasteiger partial charge in [0, 0.05) is 0 Å². The Labute approximate surface area is 128 Å². The summed E-state index contributed by atoms with van der Waals surface area (Å²) in [5.41, 5.74) is 1.02. The molecule has 6 heteroatoms. The molecule has 6 nitrogen and oxygen atoms in total. The Hall–Kier alpha value is -2.50. The second kappa shape index (κ2) is 6.09. The molecule has 0 bridgehead atoms. The van der Waals surface area contributed by atoms with Crippen LogP contribution in [0.3, 0.4) is 0 Å². The van der Waals surface area contributed by atoms with Crippen molar-refractivity contribution in [3.8, 4) is 0 Å². The minimum Gasteiger partial charge on any atom is -0.467 e. The van der Waals surface area contributed by atoms with Crippen LogP contribution in [0.15, 0.2) is 30.5 Å². The molecule has 0 unspecified atom stereocenters. The van der Waals surface area contributed by atoms with Crippen LogP contribution >= 0.6 is 0 Å². The van der Waals surface area contributed by atoms with Crippen molar-refractivity contribution < 1.29 is 14.3 Å². The number of rotatable bonds is 3. The number of carbonyl (C=O) groups excluding carboxylic acids is 2. The lowest BCUT2D eigenvalue weighted by Crippen LogP contribution is -2.49. The number of hydrogen-bond donors (Lipinski definition) is 1. The summed E-state index contributed by atoms with van der Waals surface area (Å²) in [6, 6.07) is 6.50. The molecule has 0 aliphatic carbocycles. The predicted octanol–water partition coefficient (Wildman–Crippen LogP) is 1.95. The zero-order valence-electron chi connectivity index (χ0n) is 13.1. The maximum Gasteiger partial charge on any atom is 0.328 e. The molecule has 1 N–H and O–H groups in total. The van der Waals surface area contributed by atoms with Crippen molar-refractivity contribution in [2.24, 2.45) is 5.41 Å². The molecule has 2 rings (SSSR count). The van der Waals surface area contributed by atoms with Crippen molar-refractivity contribution in [1.82, 2.24) is 15.3 Å². The van der Waals surface area contributed by atoms with Crippen molar-refractivity contribution in [3.05, 3.63) is 36.2 Å². The first-order valence-electron chi connectivity index (χ1n) is 6.93. The number of benzene rings is 1. The van der Waals surface area contributed by atoms with Crippen LogP contribution in [0, 0.1) is 5.41 Å². The smallest absolute Gasteiger partial charge is 0.328 e. The fraction of sp³-hybridized carbons (Fsp3) is 0.375. The SMILES string of the molecule is COC(=O)[C@H](NC(=O)c1cnc2ccccc2n1)C(C)(C)C. The maximum atomic E-state index is 12.3. The third-order valence-corrected chi connectivity index (χ3v) is 3.26. The molecule has 1 aromatic carbocycles. The molecule has 1 amide bonds. The third kappa shape index (κ3) is 3.39. The summed E-state index contributed by atoms with van der Waals surface area (Å²) >= 11 is 0. The van der Waals surface area contributed by atoms with Crippen LogP contribution in [0.2, 0.25) is 0 Å². The molecule has 1 atom stereocenters. The van der Waals surface area contributed by atoms with Crippen molar-refractivity contribution in [3.63, 3.8) is 0 Å². The van der Waals surface area contributed by atoms with Gasteiger partial charge in [0.25, 0.3) is 5.91 Å². The fourth-order valence-corrected chi connectivity index (χ4v) is 2.02. The van der Waals surface area contributed by atoms with Crippen LogP contribution in [0.1, 0.15) is 31.3 Å². The number of aromatic nitrogens is 2. The van der Waals surface area contributed by atoms with Gasteiger partial charge in [0.2, 0.25) is 0 Å². The second-order valence-corrected chi connectivity index (χ2v) is 6.04. The number of fused-ring (bicyclic) bond motifs is 1. The van der Waals surface area contributed by atoms with Gasteiger partial charge in [-0.3, -0.25) is 9.78 Å². The molecule has 0 radical (unpaired) electrons. The molecule has 0 aliphatic rings. The number of esters is 1. The maximum absolute atomic E-state index is 12.3. The summed E-state index contributed by atoms with van der Waals surface area (Å²) in [7, 11) is 1.29. The fourth-order valence-electron chi connectivity index (χ4n) is 2.02. The molecular weight excluding hydrogens is 282 g/mol. The average Bonchev–Trinajstić information content (AvgIpc) is 2.50. The standard InChI is InChI=1S/C16H19N3O3/c1-16(2,3)13(15(21)22-4)19-14(20)12-9-17-10-7-5-6-8-11(10)18-12/h5-9,13H,1-4H3,(H,19,20)/t13-/m0/s1. The minimum absolute atomic E-state index is 0.164. The average molecular weight is 301 g/mol. The first-order chi connectivity index (χ1) is 10.3. The second-order valence-electron chi connectivity index (χ2n) is 6.04. The van der Waals surface area contributed by atoms with E-state index >= 15 is 0 Å². The number of ether oxygens (including phenoxy) is 1. The van der Waals surface area contributed by atoms with E-state index in [-0.39, 0.29) is 5.69 Å². The van der Waals surface area contributed by atoms with Gasteiger partial charge in [-0.1, -0.05) is 32.9 Å². The van der Waals surface area contributed by atoms with Gasteiger partial charge in [-0.05, 0) is 17.5 Å². The molecule has 0 saturated carbocycles. The molecule has 22 heavy (non-hydrogen) atoms. The number of para-hydroxylation sites is 2. The Morgan fingerprint density at radius 2 is 1.82 bits per heavy atom. The van der Waals surface area contributed by atoms with Crippen LogP contribution < -0.4 is 5.32 Å². The Kier molecular flexibility index (Phi) is 4.40. The number of methoxy groups -OCH3 is 1. The first-order valence-corrected chi connectivity index (χ1v) is 6.93. The number of hydrogen-bond acceptors (Lipinski definition) is 5. The van der Waals surface area contributed by atoms with Gasteiger partial charge < -0.3 is 10.1 Å². The highest BCUT2D eigenvalue weighted by Crippen LogP contribution is 2.20. The summed E-state index contributed by atoms with van der Waals surface area (Å²) in [5, 5.41) is 2.67. The zero-order valence-corrected chi connectivity index (χ0v) is 13.1. The van der Waals surface area contributed by atoms with Gasteiger partial charge in [0.15, 0.2) is 0 Å². The molecule has 116 valence electrons. The lowest BCUT2D eigenvalue weighted by atomic mass is 9.86. The van der Waals surface area contributed by atoms with Crippen molar-refractivity contribution in [1.29, 1.82) is 0 Å². The van der Waals surface area contributed by atoms with Gasteiger partial charge in [-0.25, -0.2) is 9.78 Å². The van der Waals surface area contributed by atoms with E-state index in [4.69, 9.17) is 4.74 Å².